The summed E-state index contributed by atoms with van der Waals surface area (Å²) >= 11 is 0. The van der Waals surface area contributed by atoms with Gasteiger partial charge in [0.15, 0.2) is 0 Å². The van der Waals surface area contributed by atoms with Gasteiger partial charge in [0.1, 0.15) is 5.78 Å². The van der Waals surface area contributed by atoms with Crippen molar-refractivity contribution in [1.29, 1.82) is 0 Å². The summed E-state index contributed by atoms with van der Waals surface area (Å²) in [6.07, 6.45) is 1.89. The van der Waals surface area contributed by atoms with E-state index in [2.05, 4.69) is 30.3 Å². The first-order valence-electron chi connectivity index (χ1n) is 6.40. The molecule has 1 nitrogen and oxygen atoms in total. The van der Waals surface area contributed by atoms with Gasteiger partial charge in [0.2, 0.25) is 0 Å². The van der Waals surface area contributed by atoms with E-state index in [0.29, 0.717) is 0 Å². The summed E-state index contributed by atoms with van der Waals surface area (Å²) in [6.45, 7) is 1.72. The fourth-order valence-corrected chi connectivity index (χ4v) is 3.20. The summed E-state index contributed by atoms with van der Waals surface area (Å²) in [7, 11) is 0. The second-order valence-electron chi connectivity index (χ2n) is 4.98. The zero-order valence-electron chi connectivity index (χ0n) is 10.5. The first-order chi connectivity index (χ1) is 8.75. The largest absolute Gasteiger partial charge is 0.299 e. The molecule has 0 fully saturated rings. The van der Waals surface area contributed by atoms with Crippen LogP contribution in [0.3, 0.4) is 0 Å². The van der Waals surface area contributed by atoms with Crippen LogP contribution in [0.15, 0.2) is 54.6 Å². The number of rotatable bonds is 2. The van der Waals surface area contributed by atoms with Crippen molar-refractivity contribution >= 4 is 5.78 Å². The van der Waals surface area contributed by atoms with E-state index in [1.807, 2.05) is 24.3 Å². The Balaban J connectivity index is 2.25. The van der Waals surface area contributed by atoms with Crippen LogP contribution in [-0.2, 0) is 16.6 Å². The van der Waals surface area contributed by atoms with Crippen molar-refractivity contribution in [2.75, 3.05) is 0 Å². The van der Waals surface area contributed by atoms with Crippen LogP contribution in [0.5, 0.6) is 0 Å². The number of aryl methyl sites for hydroxylation is 1. The smallest absolute Gasteiger partial charge is 0.144 e. The topological polar surface area (TPSA) is 17.1 Å². The molecule has 0 aromatic heterocycles. The lowest BCUT2D eigenvalue weighted by Gasteiger charge is -2.28. The van der Waals surface area contributed by atoms with Gasteiger partial charge in [0.05, 0.1) is 5.41 Å². The zero-order chi connectivity index (χ0) is 12.6. The van der Waals surface area contributed by atoms with Crippen LogP contribution in [0.1, 0.15) is 30.0 Å². The SMILES string of the molecule is CC(=O)[C@@]1(c2ccccc2)CCc2ccccc21. The standard InChI is InChI=1S/C17H16O/c1-13(18)17(15-8-3-2-4-9-15)12-11-14-7-5-6-10-16(14)17/h2-10H,11-12H2,1H3/t17-/m1/s1. The van der Waals surface area contributed by atoms with Crippen LogP contribution < -0.4 is 0 Å². The highest BCUT2D eigenvalue weighted by Gasteiger charge is 2.43. The van der Waals surface area contributed by atoms with Crippen molar-refractivity contribution in [1.82, 2.24) is 0 Å². The minimum atomic E-state index is -0.419. The molecule has 0 bridgehead atoms. The molecule has 0 saturated carbocycles. The second-order valence-corrected chi connectivity index (χ2v) is 4.98. The number of carbonyl (C=O) groups excluding carboxylic acids is 1. The maximum Gasteiger partial charge on any atom is 0.144 e. The fourth-order valence-electron chi connectivity index (χ4n) is 3.20. The fraction of sp³-hybridized carbons (Fsp3) is 0.235. The van der Waals surface area contributed by atoms with Crippen molar-refractivity contribution in [3.63, 3.8) is 0 Å². The van der Waals surface area contributed by atoms with Gasteiger partial charge in [-0.25, -0.2) is 0 Å². The van der Waals surface area contributed by atoms with E-state index in [9.17, 15) is 4.79 Å². The lowest BCUT2D eigenvalue weighted by molar-refractivity contribution is -0.121. The molecule has 18 heavy (non-hydrogen) atoms. The molecule has 0 spiro atoms. The predicted molar refractivity (Wildman–Crippen MR) is 72.7 cm³/mol. The van der Waals surface area contributed by atoms with Crippen molar-refractivity contribution < 1.29 is 4.79 Å². The van der Waals surface area contributed by atoms with E-state index in [1.165, 1.54) is 11.1 Å². The Kier molecular flexibility index (Phi) is 2.55. The Morgan fingerprint density at radius 3 is 2.39 bits per heavy atom. The number of carbonyl (C=O) groups is 1. The lowest BCUT2D eigenvalue weighted by atomic mass is 9.73. The molecule has 1 aliphatic carbocycles. The second kappa shape index (κ2) is 4.09. The molecule has 0 aliphatic heterocycles. The molecular weight excluding hydrogens is 220 g/mol. The van der Waals surface area contributed by atoms with Gasteiger partial charge in [-0.2, -0.15) is 0 Å². The molecule has 1 atom stereocenters. The molecule has 0 N–H and O–H groups in total. The van der Waals surface area contributed by atoms with Gasteiger partial charge in [-0.1, -0.05) is 54.6 Å². The number of fused-ring (bicyclic) bond motifs is 1. The molecule has 0 amide bonds. The molecule has 0 unspecified atom stereocenters. The molecule has 0 saturated heterocycles. The van der Waals surface area contributed by atoms with E-state index in [4.69, 9.17) is 0 Å². The number of hydrogen-bond acceptors (Lipinski definition) is 1. The summed E-state index contributed by atoms with van der Waals surface area (Å²) < 4.78 is 0. The first-order valence-corrected chi connectivity index (χ1v) is 6.40. The summed E-state index contributed by atoms with van der Waals surface area (Å²) in [5.74, 6) is 0.249. The highest BCUT2D eigenvalue weighted by atomic mass is 16.1. The van der Waals surface area contributed by atoms with Gasteiger partial charge in [-0.05, 0) is 36.5 Å². The maximum atomic E-state index is 12.3. The van der Waals surface area contributed by atoms with Crippen molar-refractivity contribution in [3.8, 4) is 0 Å². The van der Waals surface area contributed by atoms with E-state index in [0.717, 1.165) is 18.4 Å². The van der Waals surface area contributed by atoms with Crippen LogP contribution in [0.4, 0.5) is 0 Å². The number of hydrogen-bond donors (Lipinski definition) is 0. The van der Waals surface area contributed by atoms with E-state index >= 15 is 0 Å². The molecule has 0 radical (unpaired) electrons. The molecule has 0 heterocycles. The van der Waals surface area contributed by atoms with Crippen LogP contribution >= 0.6 is 0 Å². The summed E-state index contributed by atoms with van der Waals surface area (Å²) in [5, 5.41) is 0. The summed E-state index contributed by atoms with van der Waals surface area (Å²) in [6, 6.07) is 18.5. The van der Waals surface area contributed by atoms with Gasteiger partial charge in [0.25, 0.3) is 0 Å². The number of Topliss-reactive ketones (excluding diaryl/α,β-unsaturated/α-hetero) is 1. The summed E-state index contributed by atoms with van der Waals surface area (Å²) in [4.78, 5) is 12.3. The minimum absolute atomic E-state index is 0.249. The maximum absolute atomic E-state index is 12.3. The molecular formula is C17H16O. The quantitative estimate of drug-likeness (QED) is 0.780. The van der Waals surface area contributed by atoms with Crippen LogP contribution in [0.2, 0.25) is 0 Å². The molecule has 90 valence electrons. The molecule has 2 aromatic rings. The third-order valence-electron chi connectivity index (χ3n) is 4.11. The Hall–Kier alpha value is -1.89. The van der Waals surface area contributed by atoms with Crippen LogP contribution in [0.25, 0.3) is 0 Å². The average Bonchev–Trinajstić information content (AvgIpc) is 2.80. The van der Waals surface area contributed by atoms with Gasteiger partial charge < -0.3 is 0 Å². The average molecular weight is 236 g/mol. The Morgan fingerprint density at radius 1 is 1.00 bits per heavy atom. The highest BCUT2D eigenvalue weighted by molar-refractivity contribution is 5.93. The van der Waals surface area contributed by atoms with Gasteiger partial charge in [-0.3, -0.25) is 4.79 Å². The predicted octanol–water partition coefficient (Wildman–Crippen LogP) is 3.51. The number of ketones is 1. The third-order valence-corrected chi connectivity index (χ3v) is 4.11. The zero-order valence-corrected chi connectivity index (χ0v) is 10.5. The monoisotopic (exact) mass is 236 g/mol. The minimum Gasteiger partial charge on any atom is -0.299 e. The Bertz CT molecular complexity index is 586. The summed E-state index contributed by atoms with van der Waals surface area (Å²) in [5.41, 5.74) is 3.22. The van der Waals surface area contributed by atoms with Gasteiger partial charge in [-0.15, -0.1) is 0 Å². The van der Waals surface area contributed by atoms with E-state index < -0.39 is 5.41 Å². The van der Waals surface area contributed by atoms with Crippen LogP contribution in [-0.4, -0.2) is 5.78 Å². The molecule has 3 rings (SSSR count). The molecule has 1 heteroatoms. The lowest BCUT2D eigenvalue weighted by Crippen LogP contribution is -2.32. The van der Waals surface area contributed by atoms with Gasteiger partial charge in [0, 0.05) is 0 Å². The van der Waals surface area contributed by atoms with Gasteiger partial charge >= 0.3 is 0 Å². The molecule has 2 aromatic carbocycles. The number of benzene rings is 2. The van der Waals surface area contributed by atoms with Crippen molar-refractivity contribution in [2.24, 2.45) is 0 Å². The first kappa shape index (κ1) is 11.2. The highest BCUT2D eigenvalue weighted by Crippen LogP contribution is 2.44. The van der Waals surface area contributed by atoms with Crippen LogP contribution in [0, 0.1) is 0 Å². The van der Waals surface area contributed by atoms with Crippen molar-refractivity contribution in [3.05, 3.63) is 71.3 Å². The molecule has 1 aliphatic rings. The van der Waals surface area contributed by atoms with E-state index in [-0.39, 0.29) is 5.78 Å². The Labute approximate surface area is 107 Å². The van der Waals surface area contributed by atoms with Crippen molar-refractivity contribution in [2.45, 2.75) is 25.2 Å². The normalized spacial score (nSPS) is 21.6. The third kappa shape index (κ3) is 1.43. The van der Waals surface area contributed by atoms with E-state index in [1.54, 1.807) is 6.92 Å². The Morgan fingerprint density at radius 2 is 1.67 bits per heavy atom.